The molecule has 1 aromatic carbocycles. The van der Waals surface area contributed by atoms with E-state index >= 15 is 0 Å². The number of thioether (sulfide) groups is 1. The molecular formula is C9H8BrFS. The zero-order chi connectivity index (χ0) is 8.55. The molecule has 0 amide bonds. The molecule has 1 aliphatic rings. The Kier molecular flexibility index (Phi) is 2.42. The largest absolute Gasteiger partial charge is 0.207 e. The molecule has 0 atom stereocenters. The van der Waals surface area contributed by atoms with E-state index in [9.17, 15) is 4.39 Å². The van der Waals surface area contributed by atoms with E-state index in [1.54, 1.807) is 0 Å². The van der Waals surface area contributed by atoms with Crippen LogP contribution < -0.4 is 0 Å². The second-order valence-corrected chi connectivity index (χ2v) is 5.09. The fourth-order valence-corrected chi connectivity index (χ4v) is 2.62. The van der Waals surface area contributed by atoms with Gasteiger partial charge in [0.2, 0.25) is 0 Å². The highest BCUT2D eigenvalue weighted by molar-refractivity contribution is 9.10. The highest BCUT2D eigenvalue weighted by Gasteiger charge is 2.23. The van der Waals surface area contributed by atoms with Crippen LogP contribution in [0, 0.1) is 5.82 Å². The summed E-state index contributed by atoms with van der Waals surface area (Å²) in [4.78, 5) is 1.15. The molecule has 0 unspecified atom stereocenters. The van der Waals surface area contributed by atoms with Crippen LogP contribution in [0.5, 0.6) is 0 Å². The van der Waals surface area contributed by atoms with Gasteiger partial charge in [0, 0.05) is 14.6 Å². The van der Waals surface area contributed by atoms with Gasteiger partial charge in [-0.2, -0.15) is 0 Å². The quantitative estimate of drug-likeness (QED) is 0.765. The van der Waals surface area contributed by atoms with Crippen LogP contribution in [-0.4, -0.2) is 5.25 Å². The number of hydrogen-bond acceptors (Lipinski definition) is 1. The van der Waals surface area contributed by atoms with Gasteiger partial charge in [0.1, 0.15) is 5.82 Å². The summed E-state index contributed by atoms with van der Waals surface area (Å²) in [6.07, 6.45) is 2.60. The van der Waals surface area contributed by atoms with Crippen LogP contribution in [0.25, 0.3) is 0 Å². The average molecular weight is 247 g/mol. The Bertz CT molecular complexity index is 297. The molecule has 2 rings (SSSR count). The summed E-state index contributed by atoms with van der Waals surface area (Å²) in [6, 6.07) is 4.86. The van der Waals surface area contributed by atoms with Gasteiger partial charge in [0.05, 0.1) is 0 Å². The smallest absolute Gasteiger partial charge is 0.124 e. The lowest BCUT2D eigenvalue weighted by Gasteiger charge is -2.01. The fourth-order valence-electron chi connectivity index (χ4n) is 0.936. The summed E-state index contributed by atoms with van der Waals surface area (Å²) in [5, 5.41) is 0.770. The van der Waals surface area contributed by atoms with Gasteiger partial charge in [-0.05, 0) is 47.0 Å². The molecule has 0 heterocycles. The Morgan fingerprint density at radius 3 is 2.75 bits per heavy atom. The third-order valence-corrected chi connectivity index (χ3v) is 4.05. The molecule has 0 aliphatic heterocycles. The van der Waals surface area contributed by atoms with Crippen molar-refractivity contribution in [2.45, 2.75) is 23.0 Å². The molecule has 3 heteroatoms. The normalized spacial score (nSPS) is 16.5. The summed E-state index contributed by atoms with van der Waals surface area (Å²) < 4.78 is 13.5. The van der Waals surface area contributed by atoms with Crippen molar-refractivity contribution in [2.75, 3.05) is 0 Å². The molecule has 64 valence electrons. The van der Waals surface area contributed by atoms with Crippen molar-refractivity contribution >= 4 is 27.7 Å². The predicted octanol–water partition coefficient (Wildman–Crippen LogP) is 3.84. The maximum Gasteiger partial charge on any atom is 0.124 e. The highest BCUT2D eigenvalue weighted by atomic mass is 79.9. The molecule has 1 aliphatic carbocycles. The highest BCUT2D eigenvalue weighted by Crippen LogP contribution is 2.41. The molecule has 0 bridgehead atoms. The minimum atomic E-state index is -0.179. The third-order valence-electron chi connectivity index (χ3n) is 1.71. The fraction of sp³-hybridized carbons (Fsp3) is 0.333. The van der Waals surface area contributed by atoms with Gasteiger partial charge in [-0.25, -0.2) is 4.39 Å². The van der Waals surface area contributed by atoms with Crippen molar-refractivity contribution in [1.29, 1.82) is 0 Å². The van der Waals surface area contributed by atoms with Crippen LogP contribution in [0.15, 0.2) is 27.6 Å². The number of rotatable bonds is 2. The van der Waals surface area contributed by atoms with Gasteiger partial charge in [-0.1, -0.05) is 0 Å². The molecule has 0 spiro atoms. The van der Waals surface area contributed by atoms with Crippen LogP contribution >= 0.6 is 27.7 Å². The molecule has 12 heavy (non-hydrogen) atoms. The van der Waals surface area contributed by atoms with Crippen LogP contribution in [0.1, 0.15) is 12.8 Å². The second kappa shape index (κ2) is 3.38. The first kappa shape index (κ1) is 8.57. The van der Waals surface area contributed by atoms with E-state index in [4.69, 9.17) is 0 Å². The standard InChI is InChI=1S/C9H8BrFS/c10-8-5-6(11)1-4-9(8)12-7-2-3-7/h1,4-5,7H,2-3H2. The summed E-state index contributed by atoms with van der Waals surface area (Å²) in [5.74, 6) is -0.179. The van der Waals surface area contributed by atoms with E-state index in [-0.39, 0.29) is 5.82 Å². The van der Waals surface area contributed by atoms with E-state index in [1.165, 1.54) is 25.0 Å². The molecule has 1 saturated carbocycles. The first-order valence-corrected chi connectivity index (χ1v) is 5.54. The third kappa shape index (κ3) is 2.02. The number of benzene rings is 1. The zero-order valence-corrected chi connectivity index (χ0v) is 8.79. The van der Waals surface area contributed by atoms with Crippen LogP contribution in [0.4, 0.5) is 4.39 Å². The van der Waals surface area contributed by atoms with Gasteiger partial charge < -0.3 is 0 Å². The Morgan fingerprint density at radius 2 is 2.17 bits per heavy atom. The molecule has 1 aromatic rings. The van der Waals surface area contributed by atoms with Crippen LogP contribution in [0.2, 0.25) is 0 Å². The predicted molar refractivity (Wildman–Crippen MR) is 53.0 cm³/mol. The minimum Gasteiger partial charge on any atom is -0.207 e. The van der Waals surface area contributed by atoms with Crippen LogP contribution in [0.3, 0.4) is 0 Å². The van der Waals surface area contributed by atoms with Crippen molar-refractivity contribution in [3.05, 3.63) is 28.5 Å². The lowest BCUT2D eigenvalue weighted by atomic mass is 10.3. The first-order valence-electron chi connectivity index (χ1n) is 3.87. The summed E-state index contributed by atoms with van der Waals surface area (Å²) >= 11 is 5.17. The van der Waals surface area contributed by atoms with Crippen molar-refractivity contribution in [1.82, 2.24) is 0 Å². The van der Waals surface area contributed by atoms with Gasteiger partial charge in [0.15, 0.2) is 0 Å². The summed E-state index contributed by atoms with van der Waals surface area (Å²) in [5.41, 5.74) is 0. The lowest BCUT2D eigenvalue weighted by Crippen LogP contribution is -1.79. The van der Waals surface area contributed by atoms with E-state index in [2.05, 4.69) is 15.9 Å². The maximum absolute atomic E-state index is 12.7. The molecule has 1 fully saturated rings. The number of hydrogen-bond donors (Lipinski definition) is 0. The Balaban J connectivity index is 2.18. The van der Waals surface area contributed by atoms with E-state index in [0.29, 0.717) is 0 Å². The van der Waals surface area contributed by atoms with Crippen molar-refractivity contribution in [2.24, 2.45) is 0 Å². The van der Waals surface area contributed by atoms with E-state index in [1.807, 2.05) is 17.8 Å². The summed E-state index contributed by atoms with van der Waals surface area (Å²) in [7, 11) is 0. The van der Waals surface area contributed by atoms with Gasteiger partial charge >= 0.3 is 0 Å². The summed E-state index contributed by atoms with van der Waals surface area (Å²) in [6.45, 7) is 0. The van der Waals surface area contributed by atoms with Crippen LogP contribution in [-0.2, 0) is 0 Å². The molecule has 0 N–H and O–H groups in total. The molecular weight excluding hydrogens is 239 g/mol. The van der Waals surface area contributed by atoms with Crippen molar-refractivity contribution in [3.8, 4) is 0 Å². The molecule has 0 nitrogen and oxygen atoms in total. The minimum absolute atomic E-state index is 0.179. The Morgan fingerprint density at radius 1 is 1.42 bits per heavy atom. The van der Waals surface area contributed by atoms with E-state index < -0.39 is 0 Å². The second-order valence-electron chi connectivity index (χ2n) is 2.89. The Hall–Kier alpha value is -0.0200. The monoisotopic (exact) mass is 246 g/mol. The Labute approximate surface area is 83.7 Å². The van der Waals surface area contributed by atoms with Gasteiger partial charge in [0.25, 0.3) is 0 Å². The molecule has 0 aromatic heterocycles. The van der Waals surface area contributed by atoms with E-state index in [0.717, 1.165) is 14.6 Å². The van der Waals surface area contributed by atoms with Crippen molar-refractivity contribution in [3.63, 3.8) is 0 Å². The van der Waals surface area contributed by atoms with Crippen molar-refractivity contribution < 1.29 is 4.39 Å². The van der Waals surface area contributed by atoms with Gasteiger partial charge in [-0.15, -0.1) is 11.8 Å². The average Bonchev–Trinajstić information content (AvgIpc) is 2.79. The lowest BCUT2D eigenvalue weighted by molar-refractivity contribution is 0.625. The number of halogens is 2. The maximum atomic E-state index is 12.7. The first-order chi connectivity index (χ1) is 5.75. The molecule has 0 radical (unpaired) electrons. The SMILES string of the molecule is Fc1ccc(SC2CC2)c(Br)c1. The van der Waals surface area contributed by atoms with Gasteiger partial charge in [-0.3, -0.25) is 0 Å². The zero-order valence-electron chi connectivity index (χ0n) is 6.39. The topological polar surface area (TPSA) is 0 Å². The molecule has 0 saturated heterocycles.